The van der Waals surface area contributed by atoms with Gasteiger partial charge in [-0.05, 0) is 24.1 Å². The number of hydrogen-bond donors (Lipinski definition) is 2. The first-order chi connectivity index (χ1) is 8.78. The van der Waals surface area contributed by atoms with Gasteiger partial charge in [0.25, 0.3) is 0 Å². The molecular formula is C13H12N4O. The summed E-state index contributed by atoms with van der Waals surface area (Å²) in [5, 5.41) is 20.8. The minimum absolute atomic E-state index is 0.268. The third-order valence-corrected chi connectivity index (χ3v) is 2.42. The van der Waals surface area contributed by atoms with Crippen LogP contribution in [-0.4, -0.2) is 21.6 Å². The van der Waals surface area contributed by atoms with Crippen molar-refractivity contribution in [3.8, 4) is 11.8 Å². The molecule has 1 aromatic heterocycles. The lowest BCUT2D eigenvalue weighted by Gasteiger charge is -2.05. The maximum absolute atomic E-state index is 9.15. The molecular weight excluding hydrogens is 228 g/mol. The average molecular weight is 240 g/mol. The van der Waals surface area contributed by atoms with E-state index >= 15 is 0 Å². The summed E-state index contributed by atoms with van der Waals surface area (Å²) in [6.07, 6.45) is 3.79. The second kappa shape index (κ2) is 5.64. The molecule has 0 radical (unpaired) electrons. The molecule has 0 spiro atoms. The molecule has 90 valence electrons. The van der Waals surface area contributed by atoms with Gasteiger partial charge in [0.05, 0.1) is 12.4 Å². The van der Waals surface area contributed by atoms with Gasteiger partial charge in [-0.3, -0.25) is 0 Å². The summed E-state index contributed by atoms with van der Waals surface area (Å²) in [4.78, 5) is 7.97. The summed E-state index contributed by atoms with van der Waals surface area (Å²) in [5.74, 6) is 0.914. The molecule has 5 heteroatoms. The summed E-state index contributed by atoms with van der Waals surface area (Å²) in [7, 11) is 0. The highest BCUT2D eigenvalue weighted by molar-refractivity contribution is 5.33. The van der Waals surface area contributed by atoms with E-state index in [1.54, 1.807) is 12.1 Å². The molecule has 1 heterocycles. The fourth-order valence-corrected chi connectivity index (χ4v) is 1.47. The van der Waals surface area contributed by atoms with Crippen LogP contribution in [-0.2, 0) is 6.42 Å². The van der Waals surface area contributed by atoms with Crippen molar-refractivity contribution in [2.24, 2.45) is 0 Å². The molecule has 0 unspecified atom stereocenters. The van der Waals surface area contributed by atoms with Crippen LogP contribution < -0.4 is 5.32 Å². The lowest BCUT2D eigenvalue weighted by molar-refractivity contribution is 0.475. The molecule has 1 aromatic carbocycles. The molecule has 0 bridgehead atoms. The maximum atomic E-state index is 9.15. The molecule has 5 nitrogen and oxygen atoms in total. The van der Waals surface area contributed by atoms with E-state index in [2.05, 4.69) is 15.3 Å². The first kappa shape index (κ1) is 11.9. The van der Waals surface area contributed by atoms with Crippen LogP contribution in [0.4, 0.5) is 5.82 Å². The molecule has 0 saturated heterocycles. The predicted octanol–water partition coefficient (Wildman–Crippen LogP) is 1.71. The van der Waals surface area contributed by atoms with Gasteiger partial charge in [-0.1, -0.05) is 12.1 Å². The van der Waals surface area contributed by atoms with Gasteiger partial charge in [-0.2, -0.15) is 5.26 Å². The van der Waals surface area contributed by atoms with Crippen molar-refractivity contribution >= 4 is 5.82 Å². The Bertz CT molecular complexity index is 543. The van der Waals surface area contributed by atoms with Crippen LogP contribution in [0.2, 0.25) is 0 Å². The number of nitrogens with zero attached hydrogens (tertiary/aromatic N) is 3. The van der Waals surface area contributed by atoms with E-state index in [0.29, 0.717) is 18.1 Å². The van der Waals surface area contributed by atoms with E-state index in [0.717, 1.165) is 12.0 Å². The molecule has 0 saturated carbocycles. The van der Waals surface area contributed by atoms with Crippen LogP contribution >= 0.6 is 0 Å². The van der Waals surface area contributed by atoms with Gasteiger partial charge in [0, 0.05) is 6.54 Å². The molecule has 18 heavy (non-hydrogen) atoms. The summed E-state index contributed by atoms with van der Waals surface area (Å²) >= 11 is 0. The fourth-order valence-electron chi connectivity index (χ4n) is 1.47. The normalized spacial score (nSPS) is 9.72. The summed E-state index contributed by atoms with van der Waals surface area (Å²) in [5.41, 5.74) is 1.43. The number of anilines is 1. The Morgan fingerprint density at radius 1 is 1.17 bits per heavy atom. The Balaban J connectivity index is 1.84. The number of nitrogens with one attached hydrogen (secondary N) is 1. The molecule has 0 atom stereocenters. The highest BCUT2D eigenvalue weighted by Crippen LogP contribution is 2.10. The van der Waals surface area contributed by atoms with Crippen molar-refractivity contribution < 1.29 is 5.11 Å². The van der Waals surface area contributed by atoms with Crippen LogP contribution in [0.5, 0.6) is 5.75 Å². The van der Waals surface area contributed by atoms with Gasteiger partial charge >= 0.3 is 0 Å². The molecule has 0 aliphatic heterocycles. The van der Waals surface area contributed by atoms with Gasteiger partial charge in [0.15, 0.2) is 5.69 Å². The smallest absolute Gasteiger partial charge is 0.158 e. The zero-order chi connectivity index (χ0) is 12.8. The Labute approximate surface area is 105 Å². The molecule has 0 fully saturated rings. The van der Waals surface area contributed by atoms with Gasteiger partial charge < -0.3 is 10.4 Å². The Hall–Kier alpha value is -2.61. The van der Waals surface area contributed by atoms with E-state index < -0.39 is 0 Å². The lowest BCUT2D eigenvalue weighted by Crippen LogP contribution is -2.06. The van der Waals surface area contributed by atoms with Crippen LogP contribution in [0.3, 0.4) is 0 Å². The SMILES string of the molecule is N#Cc1cnc(NCCc2ccc(O)cc2)cn1. The molecule has 2 aromatic rings. The van der Waals surface area contributed by atoms with E-state index in [4.69, 9.17) is 10.4 Å². The minimum Gasteiger partial charge on any atom is -0.508 e. The molecule has 0 aliphatic rings. The molecule has 2 rings (SSSR count). The summed E-state index contributed by atoms with van der Waals surface area (Å²) in [6, 6.07) is 9.00. The number of rotatable bonds is 4. The number of benzene rings is 1. The second-order valence-electron chi connectivity index (χ2n) is 3.74. The number of aromatic hydroxyl groups is 1. The first-order valence-corrected chi connectivity index (χ1v) is 5.52. The van der Waals surface area contributed by atoms with Crippen molar-refractivity contribution in [2.45, 2.75) is 6.42 Å². The molecule has 0 amide bonds. The Morgan fingerprint density at radius 2 is 1.94 bits per heavy atom. The van der Waals surface area contributed by atoms with Crippen molar-refractivity contribution in [1.82, 2.24) is 9.97 Å². The molecule has 0 aliphatic carbocycles. The van der Waals surface area contributed by atoms with Gasteiger partial charge in [0.2, 0.25) is 0 Å². The van der Waals surface area contributed by atoms with Crippen LogP contribution in [0, 0.1) is 11.3 Å². The number of phenolic OH excluding ortho intramolecular Hbond substituents is 1. The van der Waals surface area contributed by atoms with Gasteiger partial charge in [-0.25, -0.2) is 9.97 Å². The van der Waals surface area contributed by atoms with Crippen molar-refractivity contribution in [1.29, 1.82) is 5.26 Å². The second-order valence-corrected chi connectivity index (χ2v) is 3.74. The molecule has 2 N–H and O–H groups in total. The monoisotopic (exact) mass is 240 g/mol. The zero-order valence-corrected chi connectivity index (χ0v) is 9.67. The highest BCUT2D eigenvalue weighted by atomic mass is 16.3. The number of phenols is 1. The number of nitriles is 1. The van der Waals surface area contributed by atoms with Crippen LogP contribution in [0.1, 0.15) is 11.3 Å². The minimum atomic E-state index is 0.268. The van der Waals surface area contributed by atoms with Crippen LogP contribution in [0.15, 0.2) is 36.7 Å². The van der Waals surface area contributed by atoms with E-state index in [9.17, 15) is 0 Å². The standard InChI is InChI=1S/C13H12N4O/c14-7-11-8-17-13(9-16-11)15-6-5-10-1-3-12(18)4-2-10/h1-4,8-9,18H,5-6H2,(H,15,17). The Morgan fingerprint density at radius 3 is 2.56 bits per heavy atom. The summed E-state index contributed by atoms with van der Waals surface area (Å²) < 4.78 is 0. The van der Waals surface area contributed by atoms with Gasteiger partial charge in [-0.15, -0.1) is 0 Å². The zero-order valence-electron chi connectivity index (χ0n) is 9.67. The van der Waals surface area contributed by atoms with E-state index in [-0.39, 0.29) is 5.75 Å². The van der Waals surface area contributed by atoms with E-state index in [1.165, 1.54) is 12.4 Å². The third-order valence-electron chi connectivity index (χ3n) is 2.42. The number of hydrogen-bond acceptors (Lipinski definition) is 5. The van der Waals surface area contributed by atoms with E-state index in [1.807, 2.05) is 18.2 Å². The largest absolute Gasteiger partial charge is 0.508 e. The predicted molar refractivity (Wildman–Crippen MR) is 67.0 cm³/mol. The Kier molecular flexibility index (Phi) is 3.72. The van der Waals surface area contributed by atoms with Crippen molar-refractivity contribution in [2.75, 3.05) is 11.9 Å². The van der Waals surface area contributed by atoms with Crippen molar-refractivity contribution in [3.05, 3.63) is 47.9 Å². The van der Waals surface area contributed by atoms with Crippen molar-refractivity contribution in [3.63, 3.8) is 0 Å². The average Bonchev–Trinajstić information content (AvgIpc) is 2.42. The quantitative estimate of drug-likeness (QED) is 0.850. The third kappa shape index (κ3) is 3.19. The highest BCUT2D eigenvalue weighted by Gasteiger charge is 1.97. The number of aromatic nitrogens is 2. The lowest BCUT2D eigenvalue weighted by atomic mass is 10.1. The maximum Gasteiger partial charge on any atom is 0.158 e. The van der Waals surface area contributed by atoms with Gasteiger partial charge in [0.1, 0.15) is 17.6 Å². The summed E-state index contributed by atoms with van der Waals surface area (Å²) in [6.45, 7) is 0.714. The fraction of sp³-hybridized carbons (Fsp3) is 0.154. The van der Waals surface area contributed by atoms with Crippen LogP contribution in [0.25, 0.3) is 0 Å². The first-order valence-electron chi connectivity index (χ1n) is 5.52. The topological polar surface area (TPSA) is 81.8 Å².